The fraction of sp³-hybridized carbons (Fsp3) is 0.294. The number of piperidine rings is 1. The van der Waals surface area contributed by atoms with Crippen molar-refractivity contribution in [3.63, 3.8) is 0 Å². The van der Waals surface area contributed by atoms with Gasteiger partial charge in [-0.1, -0.05) is 11.6 Å². The number of aliphatic hydroxyl groups is 1. The van der Waals surface area contributed by atoms with E-state index in [0.717, 1.165) is 0 Å². The molecule has 0 spiro atoms. The molecule has 3 nitrogen and oxygen atoms in total. The summed E-state index contributed by atoms with van der Waals surface area (Å²) < 4.78 is 44.2. The van der Waals surface area contributed by atoms with Crippen LogP contribution in [0.3, 0.4) is 0 Å². The lowest BCUT2D eigenvalue weighted by atomic mass is 9.98. The number of aliphatic hydroxyl groups excluding tert-OH is 1. The van der Waals surface area contributed by atoms with Gasteiger partial charge in [-0.15, -0.1) is 0 Å². The van der Waals surface area contributed by atoms with Crippen LogP contribution in [0.2, 0.25) is 5.02 Å². The normalized spacial score (nSPS) is 23.9. The molecule has 7 heteroatoms. The molecule has 2 N–H and O–H groups in total. The third kappa shape index (κ3) is 2.29. The Kier molecular flexibility index (Phi) is 3.53. The lowest BCUT2D eigenvalue weighted by Crippen LogP contribution is -2.54. The standard InChI is InChI=1S/C17H14ClF3N2O/c18-9-1-3-13-11(5-9)12-6-10(19)2-4-14(12)23(13)16-15(24)7-22-8-17(16,20)21/h1-6,15-16,22,24H,7-8H2/t15-,16+/m1/s1. The SMILES string of the molecule is O[C@@H]1CNCC(F)(F)[C@H]1n1c2ccc(F)cc2c2cc(Cl)ccc21. The molecule has 1 aliphatic rings. The first-order chi connectivity index (χ1) is 11.4. The van der Waals surface area contributed by atoms with Gasteiger partial charge >= 0.3 is 0 Å². The lowest BCUT2D eigenvalue weighted by molar-refractivity contribution is -0.110. The molecule has 0 radical (unpaired) electrons. The molecule has 3 aromatic rings. The zero-order valence-electron chi connectivity index (χ0n) is 12.4. The molecule has 1 aromatic heterocycles. The van der Waals surface area contributed by atoms with E-state index in [1.54, 1.807) is 18.2 Å². The Hall–Kier alpha value is -1.76. The molecule has 0 saturated carbocycles. The van der Waals surface area contributed by atoms with Crippen LogP contribution in [0.5, 0.6) is 0 Å². The molecule has 0 unspecified atom stereocenters. The predicted octanol–water partition coefficient (Wildman–Crippen LogP) is 3.73. The van der Waals surface area contributed by atoms with Crippen LogP contribution in [0.1, 0.15) is 6.04 Å². The first-order valence-electron chi connectivity index (χ1n) is 7.54. The van der Waals surface area contributed by atoms with Gasteiger partial charge in [-0.25, -0.2) is 13.2 Å². The third-order valence-electron chi connectivity index (χ3n) is 4.52. The van der Waals surface area contributed by atoms with Crippen molar-refractivity contribution in [2.75, 3.05) is 13.1 Å². The highest BCUT2D eigenvalue weighted by Gasteiger charge is 2.48. The number of hydrogen-bond acceptors (Lipinski definition) is 2. The minimum absolute atomic E-state index is 0.0657. The molecule has 0 bridgehead atoms. The maximum Gasteiger partial charge on any atom is 0.283 e. The Labute approximate surface area is 140 Å². The Morgan fingerprint density at radius 1 is 1.12 bits per heavy atom. The van der Waals surface area contributed by atoms with E-state index in [9.17, 15) is 18.3 Å². The molecule has 2 aromatic carbocycles. The number of alkyl halides is 2. The predicted molar refractivity (Wildman–Crippen MR) is 87.3 cm³/mol. The molecule has 126 valence electrons. The van der Waals surface area contributed by atoms with Gasteiger partial charge in [0.15, 0.2) is 0 Å². The van der Waals surface area contributed by atoms with E-state index in [1.165, 1.54) is 22.8 Å². The summed E-state index contributed by atoms with van der Waals surface area (Å²) in [4.78, 5) is 0. The van der Waals surface area contributed by atoms with Crippen LogP contribution in [0.15, 0.2) is 36.4 Å². The lowest BCUT2D eigenvalue weighted by Gasteiger charge is -2.37. The first kappa shape index (κ1) is 15.7. The summed E-state index contributed by atoms with van der Waals surface area (Å²) in [6, 6.07) is 7.40. The quantitative estimate of drug-likeness (QED) is 0.698. The average molecular weight is 355 g/mol. The van der Waals surface area contributed by atoms with Gasteiger partial charge in [0.25, 0.3) is 5.92 Å². The van der Waals surface area contributed by atoms with E-state index < -0.39 is 30.4 Å². The van der Waals surface area contributed by atoms with Gasteiger partial charge in [0, 0.05) is 33.4 Å². The average Bonchev–Trinajstić information content (AvgIpc) is 2.80. The number of halogens is 4. The van der Waals surface area contributed by atoms with Crippen molar-refractivity contribution >= 4 is 33.4 Å². The van der Waals surface area contributed by atoms with Crippen LogP contribution in [-0.4, -0.2) is 34.8 Å². The van der Waals surface area contributed by atoms with Gasteiger partial charge in [-0.3, -0.25) is 0 Å². The number of β-amino-alcohol motifs (C(OH)–C–C–N with tert-alkyl or cyclic N) is 1. The Morgan fingerprint density at radius 2 is 1.79 bits per heavy atom. The van der Waals surface area contributed by atoms with Crippen LogP contribution in [0, 0.1) is 5.82 Å². The molecule has 2 heterocycles. The fourth-order valence-electron chi connectivity index (χ4n) is 3.54. The highest BCUT2D eigenvalue weighted by Crippen LogP contribution is 2.41. The van der Waals surface area contributed by atoms with Gasteiger partial charge in [0.1, 0.15) is 11.9 Å². The van der Waals surface area contributed by atoms with Crippen molar-refractivity contribution in [2.45, 2.75) is 18.1 Å². The molecular weight excluding hydrogens is 341 g/mol. The van der Waals surface area contributed by atoms with Crippen molar-refractivity contribution < 1.29 is 18.3 Å². The summed E-state index contributed by atoms with van der Waals surface area (Å²) in [7, 11) is 0. The number of benzene rings is 2. The smallest absolute Gasteiger partial charge is 0.283 e. The summed E-state index contributed by atoms with van der Waals surface area (Å²) >= 11 is 6.03. The van der Waals surface area contributed by atoms with Crippen molar-refractivity contribution in [3.8, 4) is 0 Å². The molecule has 0 aliphatic carbocycles. The molecule has 4 rings (SSSR count). The largest absolute Gasteiger partial charge is 0.389 e. The second-order valence-corrected chi connectivity index (χ2v) is 6.53. The fourth-order valence-corrected chi connectivity index (χ4v) is 3.72. The van der Waals surface area contributed by atoms with Gasteiger partial charge < -0.3 is 15.0 Å². The Bertz CT molecular complexity index is 881. The van der Waals surface area contributed by atoms with Crippen molar-refractivity contribution in [1.29, 1.82) is 0 Å². The Balaban J connectivity index is 2.10. The summed E-state index contributed by atoms with van der Waals surface area (Å²) in [6.45, 7) is -0.457. The van der Waals surface area contributed by atoms with Crippen molar-refractivity contribution in [1.82, 2.24) is 9.88 Å². The second-order valence-electron chi connectivity index (χ2n) is 6.10. The van der Waals surface area contributed by atoms with Crippen LogP contribution >= 0.6 is 11.6 Å². The van der Waals surface area contributed by atoms with Crippen molar-refractivity contribution in [3.05, 3.63) is 47.2 Å². The van der Waals surface area contributed by atoms with E-state index in [0.29, 0.717) is 26.8 Å². The Morgan fingerprint density at radius 3 is 2.50 bits per heavy atom. The summed E-state index contributed by atoms with van der Waals surface area (Å²) in [5.41, 5.74) is 0.935. The minimum Gasteiger partial charge on any atom is -0.389 e. The van der Waals surface area contributed by atoms with E-state index in [4.69, 9.17) is 11.6 Å². The molecular formula is C17H14ClF3N2O. The summed E-state index contributed by atoms with van der Waals surface area (Å²) in [5.74, 6) is -3.61. The maximum absolute atomic E-state index is 14.6. The van der Waals surface area contributed by atoms with Crippen LogP contribution < -0.4 is 5.32 Å². The van der Waals surface area contributed by atoms with Gasteiger partial charge in [-0.05, 0) is 36.4 Å². The van der Waals surface area contributed by atoms with Gasteiger partial charge in [0.05, 0.1) is 12.6 Å². The number of hydrogen-bond donors (Lipinski definition) is 2. The minimum atomic E-state index is -3.15. The topological polar surface area (TPSA) is 37.2 Å². The van der Waals surface area contributed by atoms with E-state index >= 15 is 0 Å². The molecule has 24 heavy (non-hydrogen) atoms. The summed E-state index contributed by atoms with van der Waals surface area (Å²) in [6.07, 6.45) is -1.27. The van der Waals surface area contributed by atoms with Gasteiger partial charge in [-0.2, -0.15) is 0 Å². The number of rotatable bonds is 1. The van der Waals surface area contributed by atoms with Crippen LogP contribution in [0.4, 0.5) is 13.2 Å². The molecule has 0 amide bonds. The monoisotopic (exact) mass is 354 g/mol. The molecule has 1 aliphatic heterocycles. The zero-order valence-corrected chi connectivity index (χ0v) is 13.2. The van der Waals surface area contributed by atoms with E-state index in [1.807, 2.05) is 0 Å². The number of fused-ring (bicyclic) bond motifs is 3. The van der Waals surface area contributed by atoms with Crippen LogP contribution in [0.25, 0.3) is 21.8 Å². The van der Waals surface area contributed by atoms with Gasteiger partial charge in [0.2, 0.25) is 0 Å². The van der Waals surface area contributed by atoms with E-state index in [-0.39, 0.29) is 6.54 Å². The first-order valence-corrected chi connectivity index (χ1v) is 7.91. The third-order valence-corrected chi connectivity index (χ3v) is 4.75. The molecule has 2 atom stereocenters. The second kappa shape index (κ2) is 5.37. The maximum atomic E-state index is 14.6. The zero-order chi connectivity index (χ0) is 17.1. The van der Waals surface area contributed by atoms with E-state index in [2.05, 4.69) is 5.32 Å². The molecule has 1 fully saturated rings. The number of aromatic nitrogens is 1. The van der Waals surface area contributed by atoms with Crippen molar-refractivity contribution in [2.24, 2.45) is 0 Å². The molecule has 1 saturated heterocycles. The number of nitrogens with one attached hydrogen (secondary N) is 1. The highest BCUT2D eigenvalue weighted by molar-refractivity contribution is 6.31. The van der Waals surface area contributed by atoms with Crippen LogP contribution in [-0.2, 0) is 0 Å². The number of nitrogens with zero attached hydrogens (tertiary/aromatic N) is 1. The highest BCUT2D eigenvalue weighted by atomic mass is 35.5. The summed E-state index contributed by atoms with van der Waals surface area (Å²) in [5, 5.41) is 14.3.